The Morgan fingerprint density at radius 2 is 2.04 bits per heavy atom. The fourth-order valence-electron chi connectivity index (χ4n) is 1.90. The molecule has 7 heteroatoms. The van der Waals surface area contributed by atoms with Crippen molar-refractivity contribution < 1.29 is 4.74 Å². The van der Waals surface area contributed by atoms with E-state index in [0.29, 0.717) is 6.61 Å². The smallest absolute Gasteiger partial charge is 0.208 e. The maximum Gasteiger partial charge on any atom is 0.208 e. The number of aromatic nitrogens is 4. The molecule has 3 aromatic rings. The largest absolute Gasteiger partial charge is 0.486 e. The minimum absolute atomic E-state index is 0.499. The van der Waals surface area contributed by atoms with Crippen molar-refractivity contribution in [2.75, 3.05) is 0 Å². The monoisotopic (exact) mass is 346 g/mol. The standard InChI is InChI=1S/C16H18N4OS2/c1-3-14-18-16(20-19-14)23-10-12-9-22-15(17-12)8-21-13-6-4-11(2)5-7-13/h4-7,9H,3,8,10H2,1-2H3,(H,18,19,20). The molecule has 2 heterocycles. The van der Waals surface area contributed by atoms with Gasteiger partial charge >= 0.3 is 0 Å². The van der Waals surface area contributed by atoms with Crippen molar-refractivity contribution in [2.45, 2.75) is 37.8 Å². The van der Waals surface area contributed by atoms with E-state index in [1.807, 2.05) is 24.3 Å². The van der Waals surface area contributed by atoms with Gasteiger partial charge in [-0.25, -0.2) is 9.97 Å². The second-order valence-corrected chi connectivity index (χ2v) is 6.93. The van der Waals surface area contributed by atoms with Crippen molar-refractivity contribution in [1.29, 1.82) is 0 Å². The van der Waals surface area contributed by atoms with Crippen LogP contribution in [-0.4, -0.2) is 20.2 Å². The average Bonchev–Trinajstić information content (AvgIpc) is 3.21. The molecule has 0 fully saturated rings. The Labute approximate surface area is 143 Å². The number of ether oxygens (including phenoxy) is 1. The van der Waals surface area contributed by atoms with Gasteiger partial charge in [0.25, 0.3) is 0 Å². The normalized spacial score (nSPS) is 10.9. The highest BCUT2D eigenvalue weighted by molar-refractivity contribution is 7.98. The molecule has 0 unspecified atom stereocenters. The molecule has 0 spiro atoms. The van der Waals surface area contributed by atoms with E-state index in [9.17, 15) is 0 Å². The van der Waals surface area contributed by atoms with Crippen LogP contribution >= 0.6 is 23.1 Å². The van der Waals surface area contributed by atoms with Crippen LogP contribution in [0.25, 0.3) is 0 Å². The first kappa shape index (κ1) is 16.0. The molecule has 23 heavy (non-hydrogen) atoms. The molecular formula is C16H18N4OS2. The van der Waals surface area contributed by atoms with Crippen LogP contribution in [0.5, 0.6) is 5.75 Å². The molecule has 1 N–H and O–H groups in total. The molecule has 1 aromatic carbocycles. The topological polar surface area (TPSA) is 63.7 Å². The minimum Gasteiger partial charge on any atom is -0.486 e. The van der Waals surface area contributed by atoms with Crippen LogP contribution in [0.4, 0.5) is 0 Å². The van der Waals surface area contributed by atoms with Crippen molar-refractivity contribution >= 4 is 23.1 Å². The van der Waals surface area contributed by atoms with Gasteiger partial charge in [0.15, 0.2) is 0 Å². The Balaban J connectivity index is 1.50. The lowest BCUT2D eigenvalue weighted by atomic mass is 10.2. The van der Waals surface area contributed by atoms with Gasteiger partial charge in [-0.3, -0.25) is 5.10 Å². The molecule has 5 nitrogen and oxygen atoms in total. The van der Waals surface area contributed by atoms with Crippen molar-refractivity contribution in [3.05, 3.63) is 51.7 Å². The lowest BCUT2D eigenvalue weighted by Gasteiger charge is -2.03. The van der Waals surface area contributed by atoms with Crippen LogP contribution in [-0.2, 0) is 18.8 Å². The number of thiazole rings is 1. The number of nitrogens with one attached hydrogen (secondary N) is 1. The van der Waals surface area contributed by atoms with Crippen molar-refractivity contribution in [3.8, 4) is 5.75 Å². The molecule has 0 saturated heterocycles. The first-order chi connectivity index (χ1) is 11.2. The van der Waals surface area contributed by atoms with Crippen LogP contribution in [0.15, 0.2) is 34.8 Å². The number of hydrogen-bond donors (Lipinski definition) is 1. The van der Waals surface area contributed by atoms with Gasteiger partial charge in [0.2, 0.25) is 5.16 Å². The average molecular weight is 346 g/mol. The van der Waals surface area contributed by atoms with Crippen LogP contribution in [0.2, 0.25) is 0 Å². The summed E-state index contributed by atoms with van der Waals surface area (Å²) in [6.45, 7) is 4.61. The number of nitrogens with zero attached hydrogens (tertiary/aromatic N) is 3. The zero-order chi connectivity index (χ0) is 16.1. The van der Waals surface area contributed by atoms with E-state index in [1.54, 1.807) is 23.1 Å². The third kappa shape index (κ3) is 4.56. The third-order valence-corrected chi connectivity index (χ3v) is 4.93. The highest BCUT2D eigenvalue weighted by Crippen LogP contribution is 2.21. The summed E-state index contributed by atoms with van der Waals surface area (Å²) in [6.07, 6.45) is 0.866. The quantitative estimate of drug-likeness (QED) is 0.655. The molecule has 0 saturated carbocycles. The summed E-state index contributed by atoms with van der Waals surface area (Å²) in [5.41, 5.74) is 2.26. The van der Waals surface area contributed by atoms with Crippen LogP contribution in [0.3, 0.4) is 0 Å². The second-order valence-electron chi connectivity index (χ2n) is 5.04. The number of aryl methyl sites for hydroxylation is 2. The molecule has 0 radical (unpaired) electrons. The van der Waals surface area contributed by atoms with E-state index in [0.717, 1.165) is 39.6 Å². The summed E-state index contributed by atoms with van der Waals surface area (Å²) in [4.78, 5) is 8.97. The summed E-state index contributed by atoms with van der Waals surface area (Å²) < 4.78 is 5.75. The molecule has 120 valence electrons. The molecular weight excluding hydrogens is 328 g/mol. The first-order valence-electron chi connectivity index (χ1n) is 7.39. The lowest BCUT2D eigenvalue weighted by molar-refractivity contribution is 0.305. The zero-order valence-corrected chi connectivity index (χ0v) is 14.7. The number of aromatic amines is 1. The fraction of sp³-hybridized carbons (Fsp3) is 0.312. The molecule has 0 amide bonds. The van der Waals surface area contributed by atoms with Crippen LogP contribution < -0.4 is 4.74 Å². The summed E-state index contributed by atoms with van der Waals surface area (Å²) in [6, 6.07) is 8.05. The summed E-state index contributed by atoms with van der Waals surface area (Å²) >= 11 is 3.21. The molecule has 3 rings (SSSR count). The van der Waals surface area contributed by atoms with E-state index in [2.05, 4.69) is 39.4 Å². The van der Waals surface area contributed by atoms with E-state index >= 15 is 0 Å². The fourth-order valence-corrected chi connectivity index (χ4v) is 3.42. The van der Waals surface area contributed by atoms with E-state index in [4.69, 9.17) is 4.74 Å². The van der Waals surface area contributed by atoms with Crippen molar-refractivity contribution in [1.82, 2.24) is 20.2 Å². The van der Waals surface area contributed by atoms with Gasteiger partial charge in [0.1, 0.15) is 23.2 Å². The maximum atomic E-state index is 5.75. The van der Waals surface area contributed by atoms with Gasteiger partial charge in [0.05, 0.1) is 5.69 Å². The van der Waals surface area contributed by atoms with Crippen LogP contribution in [0, 0.1) is 6.92 Å². The van der Waals surface area contributed by atoms with Gasteiger partial charge in [-0.1, -0.05) is 36.4 Å². The summed E-state index contributed by atoms with van der Waals surface area (Å²) in [5.74, 6) is 2.55. The van der Waals surface area contributed by atoms with Gasteiger partial charge in [-0.15, -0.1) is 16.4 Å². The van der Waals surface area contributed by atoms with Crippen LogP contribution in [0.1, 0.15) is 29.0 Å². The molecule has 0 aliphatic rings. The number of rotatable bonds is 7. The summed E-state index contributed by atoms with van der Waals surface area (Å²) in [5, 5.41) is 10.9. The highest BCUT2D eigenvalue weighted by Gasteiger charge is 2.07. The second kappa shape index (κ2) is 7.61. The first-order valence-corrected chi connectivity index (χ1v) is 9.26. The molecule has 0 aliphatic heterocycles. The van der Waals surface area contributed by atoms with Crippen molar-refractivity contribution in [2.24, 2.45) is 0 Å². The maximum absolute atomic E-state index is 5.75. The summed E-state index contributed by atoms with van der Waals surface area (Å²) in [7, 11) is 0. The van der Waals surface area contributed by atoms with Crippen molar-refractivity contribution in [3.63, 3.8) is 0 Å². The number of hydrogen-bond acceptors (Lipinski definition) is 6. The Hall–Kier alpha value is -1.86. The Bertz CT molecular complexity index is 752. The van der Waals surface area contributed by atoms with Gasteiger partial charge < -0.3 is 4.74 Å². The Morgan fingerprint density at radius 3 is 2.78 bits per heavy atom. The predicted molar refractivity (Wildman–Crippen MR) is 92.9 cm³/mol. The lowest BCUT2D eigenvalue weighted by Crippen LogP contribution is -1.95. The number of thioether (sulfide) groups is 1. The number of H-pyrrole nitrogens is 1. The Morgan fingerprint density at radius 1 is 1.22 bits per heavy atom. The third-order valence-electron chi connectivity index (χ3n) is 3.18. The molecule has 2 aromatic heterocycles. The molecule has 0 atom stereocenters. The van der Waals surface area contributed by atoms with Gasteiger partial charge in [-0.05, 0) is 19.1 Å². The SMILES string of the molecule is CCc1nc(SCc2csc(COc3ccc(C)cc3)n2)n[nH]1. The Kier molecular flexibility index (Phi) is 5.30. The molecule has 0 bridgehead atoms. The minimum atomic E-state index is 0.499. The van der Waals surface area contributed by atoms with E-state index in [1.165, 1.54) is 5.56 Å². The van der Waals surface area contributed by atoms with E-state index < -0.39 is 0 Å². The zero-order valence-electron chi connectivity index (χ0n) is 13.1. The number of benzene rings is 1. The predicted octanol–water partition coefficient (Wildman–Crippen LogP) is 4.00. The van der Waals surface area contributed by atoms with Gasteiger partial charge in [0, 0.05) is 17.6 Å². The van der Waals surface area contributed by atoms with E-state index in [-0.39, 0.29) is 0 Å². The molecule has 0 aliphatic carbocycles. The van der Waals surface area contributed by atoms with Gasteiger partial charge in [-0.2, -0.15) is 0 Å². The highest BCUT2D eigenvalue weighted by atomic mass is 32.2.